The van der Waals surface area contributed by atoms with Gasteiger partial charge in [-0.1, -0.05) is 29.3 Å². The number of aromatic nitrogens is 4. The summed E-state index contributed by atoms with van der Waals surface area (Å²) < 4.78 is 1.65. The highest BCUT2D eigenvalue weighted by atomic mass is 35.5. The van der Waals surface area contributed by atoms with Gasteiger partial charge in [0, 0.05) is 15.6 Å². The van der Waals surface area contributed by atoms with Crippen molar-refractivity contribution in [3.05, 3.63) is 39.6 Å². The van der Waals surface area contributed by atoms with Crippen LogP contribution in [0.3, 0.4) is 0 Å². The average Bonchev–Trinajstić information content (AvgIpc) is 2.58. The highest BCUT2D eigenvalue weighted by molar-refractivity contribution is 6.35. The van der Waals surface area contributed by atoms with Gasteiger partial charge in [-0.25, -0.2) is 4.68 Å². The summed E-state index contributed by atoms with van der Waals surface area (Å²) in [6.45, 7) is 2.31. The lowest BCUT2D eigenvalue weighted by molar-refractivity contribution is 0.633. The maximum atomic E-state index is 6.03. The second-order valence-electron chi connectivity index (χ2n) is 3.08. The summed E-state index contributed by atoms with van der Waals surface area (Å²) in [5.41, 5.74) is 0.830. The predicted octanol–water partition coefficient (Wildman–Crippen LogP) is 2.34. The van der Waals surface area contributed by atoms with Crippen LogP contribution in [-0.4, -0.2) is 20.2 Å². The van der Waals surface area contributed by atoms with Gasteiger partial charge < -0.3 is 0 Å². The fourth-order valence-electron chi connectivity index (χ4n) is 1.23. The average molecular weight is 243 g/mol. The number of nitrogens with zero attached hydrogens (tertiary/aromatic N) is 4. The van der Waals surface area contributed by atoms with Crippen LogP contribution in [0.4, 0.5) is 0 Å². The number of benzene rings is 1. The van der Waals surface area contributed by atoms with Crippen LogP contribution in [0.2, 0.25) is 10.0 Å². The van der Waals surface area contributed by atoms with E-state index < -0.39 is 0 Å². The Kier molecular flexibility index (Phi) is 2.88. The topological polar surface area (TPSA) is 43.6 Å². The van der Waals surface area contributed by atoms with Gasteiger partial charge in [-0.15, -0.1) is 5.10 Å². The summed E-state index contributed by atoms with van der Waals surface area (Å²) >= 11 is 12.1. The second kappa shape index (κ2) is 4.16. The zero-order chi connectivity index (χ0) is 10.8. The number of tetrazole rings is 1. The van der Waals surface area contributed by atoms with Crippen LogP contribution >= 0.6 is 23.2 Å². The minimum absolute atomic E-state index is 0.483. The number of aryl methyl sites for hydroxylation is 1. The SMILES string of the molecule is Cc1nnnn1Cc1c(Cl)cccc1Cl. The molecule has 0 aliphatic rings. The molecule has 1 aromatic carbocycles. The molecule has 2 aromatic rings. The third-order valence-electron chi connectivity index (χ3n) is 2.08. The molecule has 4 nitrogen and oxygen atoms in total. The van der Waals surface area contributed by atoms with Crippen molar-refractivity contribution in [3.8, 4) is 0 Å². The Morgan fingerprint density at radius 2 is 1.93 bits per heavy atom. The van der Waals surface area contributed by atoms with Gasteiger partial charge in [0.1, 0.15) is 5.82 Å². The molecule has 0 fully saturated rings. The van der Waals surface area contributed by atoms with Crippen LogP contribution in [0.5, 0.6) is 0 Å². The van der Waals surface area contributed by atoms with Crippen LogP contribution in [0.15, 0.2) is 18.2 Å². The van der Waals surface area contributed by atoms with Gasteiger partial charge in [0.15, 0.2) is 0 Å². The molecule has 0 unspecified atom stereocenters. The molecule has 0 spiro atoms. The van der Waals surface area contributed by atoms with E-state index in [-0.39, 0.29) is 0 Å². The van der Waals surface area contributed by atoms with Gasteiger partial charge >= 0.3 is 0 Å². The summed E-state index contributed by atoms with van der Waals surface area (Å²) in [5.74, 6) is 0.728. The molecule has 0 aliphatic carbocycles. The normalized spacial score (nSPS) is 10.6. The molecule has 78 valence electrons. The van der Waals surface area contributed by atoms with Crippen molar-refractivity contribution >= 4 is 23.2 Å². The zero-order valence-electron chi connectivity index (χ0n) is 7.98. The largest absolute Gasteiger partial charge is 0.225 e. The van der Waals surface area contributed by atoms with E-state index in [0.717, 1.165) is 11.4 Å². The molecule has 2 rings (SSSR count). The Labute approximate surface area is 96.8 Å². The maximum Gasteiger partial charge on any atom is 0.148 e. The first kappa shape index (κ1) is 10.4. The van der Waals surface area contributed by atoms with E-state index in [9.17, 15) is 0 Å². The van der Waals surface area contributed by atoms with Crippen molar-refractivity contribution in [2.45, 2.75) is 13.5 Å². The molecule has 1 aromatic heterocycles. The number of rotatable bonds is 2. The lowest BCUT2D eigenvalue weighted by Crippen LogP contribution is -2.05. The molecule has 0 saturated heterocycles. The van der Waals surface area contributed by atoms with Crippen molar-refractivity contribution in [1.29, 1.82) is 0 Å². The Morgan fingerprint density at radius 3 is 2.47 bits per heavy atom. The summed E-state index contributed by atoms with van der Waals surface area (Å²) in [4.78, 5) is 0. The molecule has 0 saturated carbocycles. The summed E-state index contributed by atoms with van der Waals surface area (Å²) in [5, 5.41) is 12.4. The van der Waals surface area contributed by atoms with E-state index in [2.05, 4.69) is 15.5 Å². The van der Waals surface area contributed by atoms with Crippen LogP contribution < -0.4 is 0 Å². The van der Waals surface area contributed by atoms with Crippen molar-refractivity contribution in [1.82, 2.24) is 20.2 Å². The van der Waals surface area contributed by atoms with Crippen LogP contribution in [0.1, 0.15) is 11.4 Å². The Bertz CT molecular complexity index is 460. The van der Waals surface area contributed by atoms with Crippen molar-refractivity contribution in [2.75, 3.05) is 0 Å². The highest BCUT2D eigenvalue weighted by Gasteiger charge is 2.08. The van der Waals surface area contributed by atoms with E-state index in [0.29, 0.717) is 16.6 Å². The minimum Gasteiger partial charge on any atom is -0.225 e. The Morgan fingerprint density at radius 1 is 1.27 bits per heavy atom. The van der Waals surface area contributed by atoms with E-state index in [4.69, 9.17) is 23.2 Å². The minimum atomic E-state index is 0.483. The molecule has 0 N–H and O–H groups in total. The molecule has 0 amide bonds. The van der Waals surface area contributed by atoms with E-state index in [1.54, 1.807) is 22.9 Å². The molecule has 0 bridgehead atoms. The number of halogens is 2. The molecule has 0 atom stereocenters. The molecular formula is C9H8Cl2N4. The van der Waals surface area contributed by atoms with E-state index >= 15 is 0 Å². The first-order valence-electron chi connectivity index (χ1n) is 4.34. The van der Waals surface area contributed by atoms with Gasteiger partial charge in [0.25, 0.3) is 0 Å². The van der Waals surface area contributed by atoms with Crippen LogP contribution in [0.25, 0.3) is 0 Å². The molecule has 6 heteroatoms. The highest BCUT2D eigenvalue weighted by Crippen LogP contribution is 2.24. The maximum absolute atomic E-state index is 6.03. The second-order valence-corrected chi connectivity index (χ2v) is 3.90. The van der Waals surface area contributed by atoms with Crippen LogP contribution in [0, 0.1) is 6.92 Å². The van der Waals surface area contributed by atoms with Crippen molar-refractivity contribution in [2.24, 2.45) is 0 Å². The molecular weight excluding hydrogens is 235 g/mol. The van der Waals surface area contributed by atoms with Gasteiger partial charge in [-0.3, -0.25) is 0 Å². The third-order valence-corrected chi connectivity index (χ3v) is 2.79. The van der Waals surface area contributed by atoms with Gasteiger partial charge in [0.05, 0.1) is 6.54 Å². The standard InChI is InChI=1S/C9H8Cl2N4/c1-6-12-13-14-15(6)5-7-8(10)3-2-4-9(7)11/h2-4H,5H2,1H3. The van der Waals surface area contributed by atoms with Crippen molar-refractivity contribution < 1.29 is 0 Å². The van der Waals surface area contributed by atoms with E-state index in [1.165, 1.54) is 0 Å². The Balaban J connectivity index is 2.36. The van der Waals surface area contributed by atoms with Gasteiger partial charge in [-0.05, 0) is 29.5 Å². The fourth-order valence-corrected chi connectivity index (χ4v) is 1.75. The Hall–Kier alpha value is -1.13. The van der Waals surface area contributed by atoms with Gasteiger partial charge in [-0.2, -0.15) is 0 Å². The number of hydrogen-bond acceptors (Lipinski definition) is 3. The molecule has 15 heavy (non-hydrogen) atoms. The predicted molar refractivity (Wildman–Crippen MR) is 58.1 cm³/mol. The van der Waals surface area contributed by atoms with Gasteiger partial charge in [0.2, 0.25) is 0 Å². The monoisotopic (exact) mass is 242 g/mol. The summed E-state index contributed by atoms with van der Waals surface area (Å²) in [7, 11) is 0. The third kappa shape index (κ3) is 2.11. The first-order valence-corrected chi connectivity index (χ1v) is 5.09. The zero-order valence-corrected chi connectivity index (χ0v) is 9.50. The van der Waals surface area contributed by atoms with Crippen LogP contribution in [-0.2, 0) is 6.54 Å². The quantitative estimate of drug-likeness (QED) is 0.812. The summed E-state index contributed by atoms with van der Waals surface area (Å²) in [6, 6.07) is 5.39. The fraction of sp³-hybridized carbons (Fsp3) is 0.222. The first-order chi connectivity index (χ1) is 7.18. The molecule has 1 heterocycles. The molecule has 0 aliphatic heterocycles. The lowest BCUT2D eigenvalue weighted by atomic mass is 10.2. The lowest BCUT2D eigenvalue weighted by Gasteiger charge is -2.06. The number of hydrogen-bond donors (Lipinski definition) is 0. The summed E-state index contributed by atoms with van der Waals surface area (Å²) in [6.07, 6.45) is 0. The molecule has 0 radical (unpaired) electrons. The smallest absolute Gasteiger partial charge is 0.148 e. The van der Waals surface area contributed by atoms with Crippen molar-refractivity contribution in [3.63, 3.8) is 0 Å². The van der Waals surface area contributed by atoms with E-state index in [1.807, 2.05) is 6.92 Å².